The van der Waals surface area contributed by atoms with E-state index in [2.05, 4.69) is 15.1 Å². The van der Waals surface area contributed by atoms with Gasteiger partial charge in [-0.25, -0.2) is 22.4 Å². The average Bonchev–Trinajstić information content (AvgIpc) is 2.92. The highest BCUT2D eigenvalue weighted by molar-refractivity contribution is 6.67. The van der Waals surface area contributed by atoms with Gasteiger partial charge in [-0.05, 0) is 72.7 Å². The van der Waals surface area contributed by atoms with Crippen molar-refractivity contribution in [3.05, 3.63) is 71.3 Å². The molecule has 2 saturated carbocycles. The van der Waals surface area contributed by atoms with E-state index in [9.17, 15) is 27.2 Å². The second-order valence-corrected chi connectivity index (χ2v) is 10.2. The number of rotatable bonds is 7. The molecule has 0 saturated heterocycles. The molecular weight excluding hydrogens is 615 g/mol. The van der Waals surface area contributed by atoms with Gasteiger partial charge in [0.05, 0.1) is 5.88 Å². The van der Waals surface area contributed by atoms with E-state index in [-0.39, 0.29) is 66.5 Å². The Bertz CT molecular complexity index is 1270. The van der Waals surface area contributed by atoms with E-state index in [1.54, 1.807) is 6.07 Å². The molecule has 4 rings (SSSR count). The number of alkyl halides is 4. The molecule has 224 valence electrons. The predicted molar refractivity (Wildman–Crippen MR) is 147 cm³/mol. The molecule has 2 aromatic carbocycles. The van der Waals surface area contributed by atoms with Crippen LogP contribution in [0.4, 0.5) is 17.6 Å². The summed E-state index contributed by atoms with van der Waals surface area (Å²) in [6.07, 6.45) is 0.410. The largest absolute Gasteiger partial charge is 0.409 e. The van der Waals surface area contributed by atoms with Crippen molar-refractivity contribution in [2.24, 2.45) is 33.6 Å². The molecular formula is C26H27Cl3F4N4O4. The highest BCUT2D eigenvalue weighted by Gasteiger charge is 2.49. The zero-order valence-corrected chi connectivity index (χ0v) is 23.7. The number of hydrogen-bond donors (Lipinski definition) is 3. The van der Waals surface area contributed by atoms with Crippen LogP contribution >= 0.6 is 34.8 Å². The topological polar surface area (TPSA) is 140 Å². The lowest BCUT2D eigenvalue weighted by molar-refractivity contribution is -0.140. The van der Waals surface area contributed by atoms with Crippen LogP contribution in [0.2, 0.25) is 0 Å². The number of oxime groups is 2. The van der Waals surface area contributed by atoms with Crippen LogP contribution in [-0.2, 0) is 25.8 Å². The molecule has 0 aromatic heterocycles. The predicted octanol–water partition coefficient (Wildman–Crippen LogP) is 5.59. The minimum Gasteiger partial charge on any atom is -0.409 e. The van der Waals surface area contributed by atoms with Gasteiger partial charge in [0.15, 0.2) is 0 Å². The fourth-order valence-corrected chi connectivity index (χ4v) is 4.20. The van der Waals surface area contributed by atoms with Crippen molar-refractivity contribution in [1.29, 1.82) is 0 Å². The number of carbonyl (C=O) groups is 2. The smallest absolute Gasteiger partial charge is 0.349 e. The molecule has 0 spiro atoms. The van der Waals surface area contributed by atoms with Gasteiger partial charge in [0, 0.05) is 11.8 Å². The van der Waals surface area contributed by atoms with Crippen molar-refractivity contribution >= 4 is 57.7 Å². The van der Waals surface area contributed by atoms with Crippen LogP contribution in [0.15, 0.2) is 58.8 Å². The van der Waals surface area contributed by atoms with E-state index in [0.29, 0.717) is 5.56 Å². The quantitative estimate of drug-likeness (QED) is 0.0526. The summed E-state index contributed by atoms with van der Waals surface area (Å²) in [5.74, 6) is -2.64. The number of nitrogens with two attached hydrogens (primary N) is 2. The SMILES string of the molecule is N/C(=N/O)C1CC(F)(c2cccc(F)c2)C1.N/C(=N/OC(=O)CCl)C1CC(F)(c2cccc(F)c2)C1.O=C(Cl)CCl. The van der Waals surface area contributed by atoms with Crippen molar-refractivity contribution in [2.75, 3.05) is 11.8 Å². The lowest BCUT2D eigenvalue weighted by Gasteiger charge is -2.41. The average molecular weight is 642 g/mol. The van der Waals surface area contributed by atoms with E-state index in [4.69, 9.17) is 51.5 Å². The van der Waals surface area contributed by atoms with Gasteiger partial charge in [0.2, 0.25) is 5.24 Å². The van der Waals surface area contributed by atoms with Crippen LogP contribution in [0.25, 0.3) is 0 Å². The lowest BCUT2D eigenvalue weighted by atomic mass is 9.68. The standard InChI is InChI=1S/C13H13ClF2N2O2.C11H12F2N2O.C2H2Cl2O/c14-7-11(19)20-18-12(17)8-5-13(16,6-8)9-2-1-3-10(15)4-9;12-9-3-1-2-8(4-9)11(13)5-7(6-11)10(14)15-16;3-1-2(4)5/h1-4,8H,5-7H2,(H2,17,18);1-4,7,16H,5-6H2,(H2,14,15);1H2. The number of carbonyl (C=O) groups excluding carboxylic acids is 2. The first-order chi connectivity index (χ1) is 19.3. The maximum atomic E-state index is 14.5. The Balaban J connectivity index is 0.000000251. The van der Waals surface area contributed by atoms with Gasteiger partial charge in [-0.1, -0.05) is 34.6 Å². The van der Waals surface area contributed by atoms with Gasteiger partial charge < -0.3 is 21.5 Å². The minimum absolute atomic E-state index is 0.0321. The van der Waals surface area contributed by atoms with Gasteiger partial charge in [0.25, 0.3) is 0 Å². The van der Waals surface area contributed by atoms with Gasteiger partial charge in [-0.2, -0.15) is 0 Å². The van der Waals surface area contributed by atoms with Crippen molar-refractivity contribution in [1.82, 2.24) is 0 Å². The van der Waals surface area contributed by atoms with Crippen LogP contribution in [0, 0.1) is 23.5 Å². The molecule has 0 bridgehead atoms. The fraction of sp³-hybridized carbons (Fsp3) is 0.385. The van der Waals surface area contributed by atoms with Crippen LogP contribution in [0.5, 0.6) is 0 Å². The van der Waals surface area contributed by atoms with Crippen molar-refractivity contribution in [3.8, 4) is 0 Å². The molecule has 2 aliphatic rings. The second kappa shape index (κ2) is 15.2. The summed E-state index contributed by atoms with van der Waals surface area (Å²) in [7, 11) is 0. The molecule has 0 amide bonds. The van der Waals surface area contributed by atoms with E-state index in [0.717, 1.165) is 6.07 Å². The zero-order chi connectivity index (χ0) is 30.8. The van der Waals surface area contributed by atoms with E-state index >= 15 is 0 Å². The van der Waals surface area contributed by atoms with Gasteiger partial charge in [0.1, 0.15) is 40.5 Å². The summed E-state index contributed by atoms with van der Waals surface area (Å²) in [5.41, 5.74) is 8.38. The summed E-state index contributed by atoms with van der Waals surface area (Å²) in [4.78, 5) is 24.7. The zero-order valence-electron chi connectivity index (χ0n) is 21.4. The summed E-state index contributed by atoms with van der Waals surface area (Å²) in [6.45, 7) is 0. The van der Waals surface area contributed by atoms with Gasteiger partial charge in [-0.3, -0.25) is 4.79 Å². The maximum absolute atomic E-state index is 14.5. The molecule has 0 unspecified atom stereocenters. The maximum Gasteiger partial charge on any atom is 0.349 e. The molecule has 41 heavy (non-hydrogen) atoms. The molecule has 0 atom stereocenters. The number of amidine groups is 2. The Hall–Kier alpha value is -3.09. The Morgan fingerprint density at radius 2 is 1.29 bits per heavy atom. The second-order valence-electron chi connectivity index (χ2n) is 9.29. The number of hydrogen-bond acceptors (Lipinski definition) is 6. The lowest BCUT2D eigenvalue weighted by Crippen LogP contribution is -2.44. The summed E-state index contributed by atoms with van der Waals surface area (Å²) in [5, 5.41) is 14.2. The highest BCUT2D eigenvalue weighted by Crippen LogP contribution is 2.50. The van der Waals surface area contributed by atoms with E-state index < -0.39 is 34.2 Å². The molecule has 0 aliphatic heterocycles. The first-order valence-corrected chi connectivity index (χ1v) is 13.4. The minimum atomic E-state index is -1.62. The summed E-state index contributed by atoms with van der Waals surface area (Å²) >= 11 is 14.8. The van der Waals surface area contributed by atoms with Crippen molar-refractivity contribution in [2.45, 2.75) is 37.0 Å². The van der Waals surface area contributed by atoms with Crippen LogP contribution in [0.3, 0.4) is 0 Å². The third-order valence-electron chi connectivity index (χ3n) is 6.38. The van der Waals surface area contributed by atoms with Crippen molar-refractivity contribution in [3.63, 3.8) is 0 Å². The van der Waals surface area contributed by atoms with Crippen LogP contribution < -0.4 is 11.5 Å². The molecule has 15 heteroatoms. The Morgan fingerprint density at radius 3 is 1.63 bits per heavy atom. The normalized spacial score (nSPS) is 25.2. The van der Waals surface area contributed by atoms with Crippen LogP contribution in [-0.4, -0.2) is 39.9 Å². The molecule has 2 aliphatic carbocycles. The first kappa shape index (κ1) is 34.1. The van der Waals surface area contributed by atoms with Gasteiger partial charge in [-0.15, -0.1) is 23.2 Å². The molecule has 2 fully saturated rings. The number of halogens is 7. The van der Waals surface area contributed by atoms with E-state index in [1.807, 2.05) is 0 Å². The van der Waals surface area contributed by atoms with E-state index in [1.165, 1.54) is 36.4 Å². The summed E-state index contributed by atoms with van der Waals surface area (Å²) in [6, 6.07) is 10.9. The molecule has 2 aromatic rings. The fourth-order valence-electron chi connectivity index (χ4n) is 4.15. The Kier molecular flexibility index (Phi) is 12.7. The molecule has 0 radical (unpaired) electrons. The number of nitrogens with zero attached hydrogens (tertiary/aromatic N) is 2. The van der Waals surface area contributed by atoms with Crippen molar-refractivity contribution < 1.29 is 37.2 Å². The third kappa shape index (κ3) is 9.75. The number of benzene rings is 2. The third-order valence-corrected chi connectivity index (χ3v) is 7.11. The Labute approximate surface area is 248 Å². The van der Waals surface area contributed by atoms with Crippen LogP contribution in [0.1, 0.15) is 36.8 Å². The molecule has 0 heterocycles. The molecule has 8 nitrogen and oxygen atoms in total. The molecule has 5 N–H and O–H groups in total. The highest BCUT2D eigenvalue weighted by atomic mass is 35.5. The first-order valence-electron chi connectivity index (χ1n) is 12.0. The summed E-state index contributed by atoms with van der Waals surface area (Å²) < 4.78 is 54.7. The van der Waals surface area contributed by atoms with Gasteiger partial charge >= 0.3 is 5.97 Å². The Morgan fingerprint density at radius 1 is 0.878 bits per heavy atom. The monoisotopic (exact) mass is 640 g/mol.